The van der Waals surface area contributed by atoms with Crippen LogP contribution in [0.2, 0.25) is 0 Å². The monoisotopic (exact) mass is 408 g/mol. The van der Waals surface area contributed by atoms with Gasteiger partial charge in [-0.25, -0.2) is 0 Å². The largest absolute Gasteiger partial charge is 0.397 e. The van der Waals surface area contributed by atoms with E-state index in [1.165, 1.54) is 0 Å². The van der Waals surface area contributed by atoms with Crippen LogP contribution in [0, 0.1) is 16.7 Å². The molecule has 4 nitrogen and oxygen atoms in total. The SMILES string of the molecule is C=C/C=C(\N)C1=C(CCC(C#N)(CCNC)C(C)c2ccc(S)cc2)C=CCN1. The van der Waals surface area contributed by atoms with E-state index in [4.69, 9.17) is 5.73 Å². The molecule has 0 saturated heterocycles. The van der Waals surface area contributed by atoms with E-state index in [0.29, 0.717) is 5.70 Å². The van der Waals surface area contributed by atoms with Gasteiger partial charge in [0.2, 0.25) is 0 Å². The zero-order valence-electron chi connectivity index (χ0n) is 17.4. The van der Waals surface area contributed by atoms with Gasteiger partial charge in [0.1, 0.15) is 0 Å². The van der Waals surface area contributed by atoms with Gasteiger partial charge in [-0.2, -0.15) is 5.26 Å². The Balaban J connectivity index is 2.33. The number of nitrogens with two attached hydrogens (primary N) is 1. The summed E-state index contributed by atoms with van der Waals surface area (Å²) < 4.78 is 0. The summed E-state index contributed by atoms with van der Waals surface area (Å²) in [6.45, 7) is 7.43. The molecule has 4 N–H and O–H groups in total. The summed E-state index contributed by atoms with van der Waals surface area (Å²) >= 11 is 4.39. The number of nitrogens with zero attached hydrogens (tertiary/aromatic N) is 1. The van der Waals surface area contributed by atoms with Gasteiger partial charge in [0.15, 0.2) is 0 Å². The summed E-state index contributed by atoms with van der Waals surface area (Å²) in [6.07, 6.45) is 10.0. The van der Waals surface area contributed by atoms with Crippen LogP contribution in [0.4, 0.5) is 0 Å². The Labute approximate surface area is 180 Å². The summed E-state index contributed by atoms with van der Waals surface area (Å²) in [7, 11) is 1.93. The third-order valence-corrected chi connectivity index (χ3v) is 6.03. The molecule has 0 bridgehead atoms. The molecule has 154 valence electrons. The van der Waals surface area contributed by atoms with Crippen LogP contribution in [0.1, 0.15) is 37.7 Å². The van der Waals surface area contributed by atoms with E-state index in [0.717, 1.165) is 54.1 Å². The van der Waals surface area contributed by atoms with Crippen molar-refractivity contribution in [2.75, 3.05) is 20.1 Å². The van der Waals surface area contributed by atoms with Crippen LogP contribution in [-0.4, -0.2) is 20.1 Å². The van der Waals surface area contributed by atoms with Gasteiger partial charge in [-0.3, -0.25) is 0 Å². The van der Waals surface area contributed by atoms with Crippen molar-refractivity contribution in [1.29, 1.82) is 5.26 Å². The topological polar surface area (TPSA) is 73.9 Å². The van der Waals surface area contributed by atoms with Crippen molar-refractivity contribution in [3.63, 3.8) is 0 Å². The zero-order chi connectivity index (χ0) is 21.3. The summed E-state index contributed by atoms with van der Waals surface area (Å²) in [5, 5.41) is 16.9. The Morgan fingerprint density at radius 2 is 2.14 bits per heavy atom. The summed E-state index contributed by atoms with van der Waals surface area (Å²) in [5.74, 6) is 0.0976. The number of thiol groups is 1. The second kappa shape index (κ2) is 10.9. The predicted molar refractivity (Wildman–Crippen MR) is 125 cm³/mol. The van der Waals surface area contributed by atoms with E-state index in [2.05, 4.69) is 67.1 Å². The smallest absolute Gasteiger partial charge is 0.0696 e. The van der Waals surface area contributed by atoms with Gasteiger partial charge >= 0.3 is 0 Å². The average molecular weight is 409 g/mol. The first-order chi connectivity index (χ1) is 14.0. The third-order valence-electron chi connectivity index (χ3n) is 5.73. The van der Waals surface area contributed by atoms with E-state index in [1.54, 1.807) is 6.08 Å². The molecular formula is C24H32N4S. The van der Waals surface area contributed by atoms with Gasteiger partial charge in [0.05, 0.1) is 22.9 Å². The van der Waals surface area contributed by atoms with Crippen LogP contribution < -0.4 is 16.4 Å². The van der Waals surface area contributed by atoms with E-state index in [1.807, 2.05) is 25.3 Å². The molecule has 1 aromatic rings. The Kier molecular flexibility index (Phi) is 8.63. The molecule has 1 aliphatic heterocycles. The summed E-state index contributed by atoms with van der Waals surface area (Å²) in [5.41, 5.74) is 9.65. The second-order valence-electron chi connectivity index (χ2n) is 7.48. The standard InChI is InChI=1S/C24H32N4S/c1-4-6-22(26)23-20(7-5-15-28-23)12-13-24(17-25,14-16-27-3)18(2)19-8-10-21(29)11-9-19/h4-11,18,27-29H,1,12-16,26H2,2-3H3/b22-6-. The van der Waals surface area contributed by atoms with E-state index >= 15 is 0 Å². The van der Waals surface area contributed by atoms with Gasteiger partial charge in [0.25, 0.3) is 0 Å². The summed E-state index contributed by atoms with van der Waals surface area (Å²) in [4.78, 5) is 0.927. The maximum Gasteiger partial charge on any atom is 0.0696 e. The van der Waals surface area contributed by atoms with Crippen molar-refractivity contribution in [1.82, 2.24) is 10.6 Å². The Morgan fingerprint density at radius 1 is 1.41 bits per heavy atom. The highest BCUT2D eigenvalue weighted by Gasteiger charge is 2.37. The molecule has 5 heteroatoms. The van der Waals surface area contributed by atoms with Gasteiger partial charge < -0.3 is 16.4 Å². The van der Waals surface area contributed by atoms with Gasteiger partial charge in [0, 0.05) is 11.4 Å². The number of nitriles is 1. The van der Waals surface area contributed by atoms with E-state index in [9.17, 15) is 5.26 Å². The molecule has 1 heterocycles. The van der Waals surface area contributed by atoms with Crippen molar-refractivity contribution in [3.8, 4) is 6.07 Å². The zero-order valence-corrected chi connectivity index (χ0v) is 18.3. The van der Waals surface area contributed by atoms with Crippen LogP contribution in [0.25, 0.3) is 0 Å². The minimum absolute atomic E-state index is 0.0976. The molecule has 1 aliphatic rings. The molecule has 29 heavy (non-hydrogen) atoms. The van der Waals surface area contributed by atoms with Crippen LogP contribution >= 0.6 is 12.6 Å². The molecule has 0 amide bonds. The predicted octanol–water partition coefficient (Wildman–Crippen LogP) is 4.42. The van der Waals surface area contributed by atoms with Crippen LogP contribution in [0.3, 0.4) is 0 Å². The molecular weight excluding hydrogens is 376 g/mol. The highest BCUT2D eigenvalue weighted by molar-refractivity contribution is 7.80. The third kappa shape index (κ3) is 5.79. The van der Waals surface area contributed by atoms with Gasteiger partial charge in [-0.05, 0) is 68.1 Å². The fourth-order valence-corrected chi connectivity index (χ4v) is 3.97. The Morgan fingerprint density at radius 3 is 2.76 bits per heavy atom. The quantitative estimate of drug-likeness (QED) is 0.341. The number of dihydropyridines is 1. The first kappa shape index (κ1) is 22.9. The molecule has 0 aromatic heterocycles. The Bertz CT molecular complexity index is 829. The molecule has 0 saturated carbocycles. The second-order valence-corrected chi connectivity index (χ2v) is 7.99. The van der Waals surface area contributed by atoms with Crippen molar-refractivity contribution in [2.45, 2.75) is 37.0 Å². The van der Waals surface area contributed by atoms with Crippen LogP contribution in [0.15, 0.2) is 77.0 Å². The Hall–Kier alpha value is -2.42. The lowest BCUT2D eigenvalue weighted by Crippen LogP contribution is -2.31. The number of hydrogen-bond acceptors (Lipinski definition) is 5. The number of allylic oxidation sites excluding steroid dienone is 4. The lowest BCUT2D eigenvalue weighted by atomic mass is 9.68. The number of rotatable bonds is 10. The van der Waals surface area contributed by atoms with Crippen molar-refractivity contribution < 1.29 is 0 Å². The summed E-state index contributed by atoms with van der Waals surface area (Å²) in [6, 6.07) is 10.8. The highest BCUT2D eigenvalue weighted by atomic mass is 32.1. The molecule has 2 atom stereocenters. The van der Waals surface area contributed by atoms with Crippen LogP contribution in [-0.2, 0) is 0 Å². The normalized spacial score (nSPS) is 17.2. The van der Waals surface area contributed by atoms with Gasteiger partial charge in [-0.1, -0.05) is 43.9 Å². The van der Waals surface area contributed by atoms with Gasteiger partial charge in [-0.15, -0.1) is 12.6 Å². The molecule has 0 aliphatic carbocycles. The minimum Gasteiger partial charge on any atom is -0.397 e. The number of benzene rings is 1. The molecule has 2 rings (SSSR count). The lowest BCUT2D eigenvalue weighted by molar-refractivity contribution is 0.278. The molecule has 1 aromatic carbocycles. The first-order valence-electron chi connectivity index (χ1n) is 10.0. The number of nitrogens with one attached hydrogen (secondary N) is 2. The van der Waals surface area contributed by atoms with Crippen molar-refractivity contribution in [3.05, 3.63) is 77.7 Å². The van der Waals surface area contributed by atoms with E-state index < -0.39 is 5.41 Å². The van der Waals surface area contributed by atoms with E-state index in [-0.39, 0.29) is 5.92 Å². The van der Waals surface area contributed by atoms with Crippen molar-refractivity contribution >= 4 is 12.6 Å². The molecule has 0 fully saturated rings. The fourth-order valence-electron chi connectivity index (χ4n) is 3.82. The minimum atomic E-state index is -0.485. The highest BCUT2D eigenvalue weighted by Crippen LogP contribution is 2.43. The fraction of sp³-hybridized carbons (Fsp3) is 0.375. The average Bonchev–Trinajstić information content (AvgIpc) is 2.75. The molecule has 2 unspecified atom stereocenters. The maximum atomic E-state index is 10.3. The lowest BCUT2D eigenvalue weighted by Gasteiger charge is -2.34. The van der Waals surface area contributed by atoms with Crippen LogP contribution in [0.5, 0.6) is 0 Å². The van der Waals surface area contributed by atoms with Crippen molar-refractivity contribution in [2.24, 2.45) is 11.1 Å². The maximum absolute atomic E-state index is 10.3. The molecule has 0 spiro atoms. The molecule has 0 radical (unpaired) electrons. The number of hydrogen-bond donors (Lipinski definition) is 4. The first-order valence-corrected chi connectivity index (χ1v) is 10.5.